The molecule has 1 aromatic carbocycles. The summed E-state index contributed by atoms with van der Waals surface area (Å²) in [7, 11) is -3.90. The predicted molar refractivity (Wildman–Crippen MR) is 126 cm³/mol. The van der Waals surface area contributed by atoms with Gasteiger partial charge in [0.05, 0.1) is 16.4 Å². The average molecular weight is 476 g/mol. The van der Waals surface area contributed by atoms with E-state index in [1.807, 2.05) is 39.8 Å². The van der Waals surface area contributed by atoms with Crippen molar-refractivity contribution in [3.05, 3.63) is 58.5 Å². The molecule has 0 radical (unpaired) electrons. The van der Waals surface area contributed by atoms with E-state index in [-0.39, 0.29) is 41.4 Å². The first-order valence-corrected chi connectivity index (χ1v) is 12.1. The van der Waals surface area contributed by atoms with Crippen molar-refractivity contribution in [1.29, 1.82) is 0 Å². The van der Waals surface area contributed by atoms with Crippen molar-refractivity contribution >= 4 is 27.0 Å². The third kappa shape index (κ3) is 5.83. The van der Waals surface area contributed by atoms with Gasteiger partial charge in [0.2, 0.25) is 10.0 Å². The number of fused-ring (bicyclic) bond motifs is 1. The number of anilines is 1. The number of aromatic nitrogens is 3. The zero-order valence-corrected chi connectivity index (χ0v) is 19.9. The van der Waals surface area contributed by atoms with E-state index in [0.29, 0.717) is 18.0 Å². The van der Waals surface area contributed by atoms with Crippen LogP contribution in [0.25, 0.3) is 5.65 Å². The van der Waals surface area contributed by atoms with Crippen molar-refractivity contribution < 1.29 is 13.3 Å². The van der Waals surface area contributed by atoms with Crippen LogP contribution in [0.5, 0.6) is 0 Å². The Morgan fingerprint density at radius 3 is 2.52 bits per heavy atom. The molecular weight excluding hydrogens is 446 g/mol. The number of hydrogen-bond donors (Lipinski definition) is 2. The third-order valence-electron chi connectivity index (χ3n) is 5.29. The molecule has 0 saturated carbocycles. The Balaban J connectivity index is 1.74. The van der Waals surface area contributed by atoms with Crippen LogP contribution < -0.4 is 10.0 Å². The van der Waals surface area contributed by atoms with E-state index in [4.69, 9.17) is 0 Å². The van der Waals surface area contributed by atoms with Crippen LogP contribution in [0, 0.1) is 10.1 Å². The number of hydrogen-bond acceptors (Lipinski definition) is 8. The quantitative estimate of drug-likeness (QED) is 0.319. The summed E-state index contributed by atoms with van der Waals surface area (Å²) in [6, 6.07) is 9.81. The number of pyridine rings is 1. The van der Waals surface area contributed by atoms with Gasteiger partial charge in [-0.05, 0) is 52.0 Å². The molecular formula is C21H29N7O4S. The summed E-state index contributed by atoms with van der Waals surface area (Å²) in [5.41, 5.74) is 0.514. The van der Waals surface area contributed by atoms with E-state index in [2.05, 4.69) is 25.1 Å². The summed E-state index contributed by atoms with van der Waals surface area (Å²) in [6.45, 7) is 9.10. The van der Waals surface area contributed by atoms with Gasteiger partial charge in [-0.2, -0.15) is 0 Å². The van der Waals surface area contributed by atoms with E-state index >= 15 is 0 Å². The molecule has 0 bridgehead atoms. The number of sulfonamides is 1. The highest BCUT2D eigenvalue weighted by Crippen LogP contribution is 2.28. The molecule has 0 aliphatic carbocycles. The van der Waals surface area contributed by atoms with Crippen LogP contribution >= 0.6 is 0 Å². The van der Waals surface area contributed by atoms with Gasteiger partial charge in [0.15, 0.2) is 11.5 Å². The summed E-state index contributed by atoms with van der Waals surface area (Å²) in [5.74, 6) is 0.568. The van der Waals surface area contributed by atoms with Crippen LogP contribution in [-0.2, 0) is 16.6 Å². The molecule has 3 aromatic rings. The maximum absolute atomic E-state index is 12.7. The second kappa shape index (κ2) is 10.2. The van der Waals surface area contributed by atoms with Crippen molar-refractivity contribution in [3.63, 3.8) is 0 Å². The summed E-state index contributed by atoms with van der Waals surface area (Å²) < 4.78 is 29.8. The maximum atomic E-state index is 12.7. The normalized spacial score (nSPS) is 12.2. The highest BCUT2D eigenvalue weighted by atomic mass is 32.2. The van der Waals surface area contributed by atoms with Crippen molar-refractivity contribution in [2.45, 2.75) is 51.2 Å². The Morgan fingerprint density at radius 2 is 1.85 bits per heavy atom. The summed E-state index contributed by atoms with van der Waals surface area (Å²) in [6.07, 6.45) is 1.79. The van der Waals surface area contributed by atoms with E-state index in [0.717, 1.165) is 6.07 Å². The van der Waals surface area contributed by atoms with E-state index < -0.39 is 14.9 Å². The van der Waals surface area contributed by atoms with Crippen LogP contribution in [0.4, 0.5) is 11.4 Å². The Kier molecular flexibility index (Phi) is 7.61. The van der Waals surface area contributed by atoms with Crippen LogP contribution in [-0.4, -0.2) is 58.0 Å². The van der Waals surface area contributed by atoms with Crippen molar-refractivity contribution in [2.75, 3.05) is 18.4 Å². The Labute approximate surface area is 193 Å². The minimum atomic E-state index is -3.90. The number of nitro groups is 1. The summed E-state index contributed by atoms with van der Waals surface area (Å²) >= 11 is 0. The first-order valence-electron chi connectivity index (χ1n) is 10.7. The van der Waals surface area contributed by atoms with E-state index in [1.165, 1.54) is 12.1 Å². The Hall–Kier alpha value is -3.09. The molecule has 0 aliphatic rings. The monoisotopic (exact) mass is 475 g/mol. The molecule has 0 saturated heterocycles. The van der Waals surface area contributed by atoms with Crippen molar-refractivity contribution in [2.24, 2.45) is 0 Å². The van der Waals surface area contributed by atoms with Gasteiger partial charge in [-0.15, -0.1) is 10.2 Å². The molecule has 33 heavy (non-hydrogen) atoms. The lowest BCUT2D eigenvalue weighted by Crippen LogP contribution is -2.42. The van der Waals surface area contributed by atoms with Crippen LogP contribution in [0.2, 0.25) is 0 Å². The fourth-order valence-electron chi connectivity index (χ4n) is 3.67. The fourth-order valence-corrected chi connectivity index (χ4v) is 4.71. The third-order valence-corrected chi connectivity index (χ3v) is 6.74. The van der Waals surface area contributed by atoms with Gasteiger partial charge in [-0.1, -0.05) is 6.07 Å². The molecule has 0 aliphatic heterocycles. The van der Waals surface area contributed by atoms with Gasteiger partial charge in [0, 0.05) is 37.4 Å². The molecule has 2 N–H and O–H groups in total. The fraction of sp³-hybridized carbons (Fsp3) is 0.429. The lowest BCUT2D eigenvalue weighted by molar-refractivity contribution is -0.384. The van der Waals surface area contributed by atoms with Crippen LogP contribution in [0.1, 0.15) is 33.5 Å². The lowest BCUT2D eigenvalue weighted by Gasteiger charge is -2.30. The number of nitrogens with zero attached hydrogens (tertiary/aromatic N) is 5. The largest absolute Gasteiger partial charge is 0.372 e. The summed E-state index contributed by atoms with van der Waals surface area (Å²) in [4.78, 5) is 13.0. The molecule has 2 aromatic heterocycles. The Morgan fingerprint density at radius 1 is 1.12 bits per heavy atom. The second-order valence-electron chi connectivity index (χ2n) is 8.16. The highest BCUT2D eigenvalue weighted by molar-refractivity contribution is 7.89. The first-order chi connectivity index (χ1) is 15.6. The predicted octanol–water partition coefficient (Wildman–Crippen LogP) is 2.65. The first kappa shape index (κ1) is 24.6. The number of benzene rings is 1. The van der Waals surface area contributed by atoms with E-state index in [1.54, 1.807) is 16.7 Å². The van der Waals surface area contributed by atoms with Gasteiger partial charge < -0.3 is 5.32 Å². The Bertz CT molecular complexity index is 1220. The minimum Gasteiger partial charge on any atom is -0.372 e. The zero-order chi connectivity index (χ0) is 24.2. The molecule has 0 amide bonds. The molecule has 11 nitrogen and oxygen atoms in total. The lowest BCUT2D eigenvalue weighted by atomic mass is 10.2. The molecule has 0 atom stereocenters. The van der Waals surface area contributed by atoms with Gasteiger partial charge in [0.25, 0.3) is 5.69 Å². The van der Waals surface area contributed by atoms with Gasteiger partial charge in [-0.3, -0.25) is 19.4 Å². The number of rotatable bonds is 11. The number of nitro benzene ring substituents is 1. The smallest absolute Gasteiger partial charge is 0.293 e. The molecule has 0 spiro atoms. The van der Waals surface area contributed by atoms with Crippen molar-refractivity contribution in [3.8, 4) is 0 Å². The molecule has 178 valence electrons. The van der Waals surface area contributed by atoms with Crippen molar-refractivity contribution in [1.82, 2.24) is 24.2 Å². The van der Waals surface area contributed by atoms with Gasteiger partial charge in [-0.25, -0.2) is 13.1 Å². The molecule has 2 heterocycles. The topological polar surface area (TPSA) is 135 Å². The SMILES string of the molecule is CC(C)N(CCNS(=O)(=O)c1ccc(NCc2nnc3ccccn23)c([N+](=O)[O-])c1)C(C)C. The van der Waals surface area contributed by atoms with E-state index in [9.17, 15) is 18.5 Å². The maximum Gasteiger partial charge on any atom is 0.293 e. The van der Waals surface area contributed by atoms with Crippen LogP contribution in [0.15, 0.2) is 47.5 Å². The zero-order valence-electron chi connectivity index (χ0n) is 19.1. The molecule has 0 unspecified atom stereocenters. The standard InChI is InChI=1S/C21H29N7O4S/c1-15(2)26(16(3)4)12-10-23-33(31,32)17-8-9-18(19(13-17)28(29)30)22-14-21-25-24-20-7-5-6-11-27(20)21/h5-9,11,13,15-16,22-23H,10,12,14H2,1-4H3. The average Bonchev–Trinajstić information content (AvgIpc) is 3.17. The molecule has 12 heteroatoms. The number of nitrogens with one attached hydrogen (secondary N) is 2. The molecule has 3 rings (SSSR count). The minimum absolute atomic E-state index is 0.159. The van der Waals surface area contributed by atoms with Gasteiger partial charge in [0.1, 0.15) is 5.69 Å². The molecule has 0 fully saturated rings. The van der Waals surface area contributed by atoms with Crippen LogP contribution in [0.3, 0.4) is 0 Å². The second-order valence-corrected chi connectivity index (χ2v) is 9.92. The summed E-state index contributed by atoms with van der Waals surface area (Å²) in [5, 5.41) is 22.7. The highest BCUT2D eigenvalue weighted by Gasteiger charge is 2.22. The van der Waals surface area contributed by atoms with Gasteiger partial charge >= 0.3 is 0 Å².